The number of piperidine rings is 2. The Labute approximate surface area is 224 Å². The number of methoxy groups -OCH3 is 2. The largest absolute Gasteiger partial charge is 0.493 e. The molecule has 2 saturated heterocycles. The number of amides is 2. The van der Waals surface area contributed by atoms with E-state index in [4.69, 9.17) is 9.47 Å². The second kappa shape index (κ2) is 15.9. The van der Waals surface area contributed by atoms with Crippen LogP contribution in [0.25, 0.3) is 0 Å². The first kappa shape index (κ1) is 29.3. The lowest BCUT2D eigenvalue weighted by Crippen LogP contribution is -2.50. The molecule has 1 aromatic carbocycles. The lowest BCUT2D eigenvalue weighted by Gasteiger charge is -2.41. The molecule has 0 aromatic heterocycles. The molecule has 208 valence electrons. The van der Waals surface area contributed by atoms with Crippen molar-refractivity contribution in [1.29, 1.82) is 0 Å². The molecule has 0 aliphatic carbocycles. The number of carbonyl (C=O) groups excluding carboxylic acids is 2. The summed E-state index contributed by atoms with van der Waals surface area (Å²) in [6.45, 7) is 6.58. The molecular weight excluding hydrogens is 466 g/mol. The van der Waals surface area contributed by atoms with Crippen molar-refractivity contribution in [1.82, 2.24) is 15.1 Å². The molecule has 7 nitrogen and oxygen atoms in total. The number of benzene rings is 1. The number of rotatable bonds is 14. The third kappa shape index (κ3) is 9.20. The standard InChI is InChI=1S/C30H49N3O4/c1-4-5-6-7-8-9-10-29(34)33-21-16-26(17-22-33)32-19-14-25(15-20-32)30(35)31-18-13-24-11-12-27(36-2)28(23-24)37-3/h11-12,23,25-26H,4-10,13-22H2,1-3H3,(H,31,35). The van der Waals surface area contributed by atoms with Crippen molar-refractivity contribution in [3.05, 3.63) is 23.8 Å². The van der Waals surface area contributed by atoms with Gasteiger partial charge in [-0.1, -0.05) is 45.1 Å². The van der Waals surface area contributed by atoms with Gasteiger partial charge in [0.2, 0.25) is 11.8 Å². The minimum Gasteiger partial charge on any atom is -0.493 e. The Hall–Kier alpha value is -2.28. The summed E-state index contributed by atoms with van der Waals surface area (Å²) in [5, 5.41) is 3.14. The first-order chi connectivity index (χ1) is 18.0. The number of nitrogens with zero attached hydrogens (tertiary/aromatic N) is 2. The maximum atomic E-state index is 12.8. The monoisotopic (exact) mass is 515 g/mol. The minimum atomic E-state index is 0.0978. The highest BCUT2D eigenvalue weighted by molar-refractivity contribution is 5.78. The van der Waals surface area contributed by atoms with Gasteiger partial charge in [0, 0.05) is 38.0 Å². The van der Waals surface area contributed by atoms with Crippen LogP contribution in [0.3, 0.4) is 0 Å². The van der Waals surface area contributed by atoms with Crippen LogP contribution in [0.5, 0.6) is 11.5 Å². The molecule has 0 bridgehead atoms. The van der Waals surface area contributed by atoms with E-state index in [0.717, 1.165) is 70.3 Å². The average molecular weight is 516 g/mol. The van der Waals surface area contributed by atoms with Crippen LogP contribution in [0.4, 0.5) is 0 Å². The average Bonchev–Trinajstić information content (AvgIpc) is 2.94. The summed E-state index contributed by atoms with van der Waals surface area (Å²) < 4.78 is 10.7. The smallest absolute Gasteiger partial charge is 0.223 e. The van der Waals surface area contributed by atoms with E-state index < -0.39 is 0 Å². The first-order valence-electron chi connectivity index (χ1n) is 14.6. The molecule has 1 aromatic rings. The quantitative estimate of drug-likeness (QED) is 0.360. The Morgan fingerprint density at radius 3 is 2.24 bits per heavy atom. The maximum Gasteiger partial charge on any atom is 0.223 e. The molecule has 0 radical (unpaired) electrons. The van der Waals surface area contributed by atoms with Gasteiger partial charge < -0.3 is 24.6 Å². The number of nitrogens with one attached hydrogen (secondary N) is 1. The van der Waals surface area contributed by atoms with Gasteiger partial charge in [-0.15, -0.1) is 0 Å². The fraction of sp³-hybridized carbons (Fsp3) is 0.733. The van der Waals surface area contributed by atoms with Crippen LogP contribution in [0.15, 0.2) is 18.2 Å². The highest BCUT2D eigenvalue weighted by atomic mass is 16.5. The van der Waals surface area contributed by atoms with Gasteiger partial charge in [-0.05, 0) is 69.3 Å². The molecule has 0 saturated carbocycles. The molecule has 0 spiro atoms. The van der Waals surface area contributed by atoms with Crippen LogP contribution in [0.1, 0.15) is 83.1 Å². The molecule has 37 heavy (non-hydrogen) atoms. The predicted molar refractivity (Wildman–Crippen MR) is 148 cm³/mol. The highest BCUT2D eigenvalue weighted by Crippen LogP contribution is 2.28. The number of likely N-dealkylation sites (tertiary alicyclic amines) is 2. The molecule has 3 rings (SSSR count). The summed E-state index contributed by atoms with van der Waals surface area (Å²) in [5.41, 5.74) is 1.12. The van der Waals surface area contributed by atoms with E-state index in [1.165, 1.54) is 32.1 Å². The number of unbranched alkanes of at least 4 members (excludes halogenated alkanes) is 5. The van der Waals surface area contributed by atoms with Gasteiger partial charge in [-0.25, -0.2) is 0 Å². The number of hydrogen-bond acceptors (Lipinski definition) is 5. The summed E-state index contributed by atoms with van der Waals surface area (Å²) in [6.07, 6.45) is 12.8. The van der Waals surface area contributed by atoms with Crippen LogP contribution in [0.2, 0.25) is 0 Å². The van der Waals surface area contributed by atoms with E-state index in [-0.39, 0.29) is 11.8 Å². The molecule has 2 aliphatic heterocycles. The van der Waals surface area contributed by atoms with Crippen molar-refractivity contribution in [2.24, 2.45) is 5.92 Å². The summed E-state index contributed by atoms with van der Waals surface area (Å²) in [4.78, 5) is 30.0. The van der Waals surface area contributed by atoms with Crippen LogP contribution in [-0.4, -0.2) is 74.6 Å². The van der Waals surface area contributed by atoms with Gasteiger partial charge in [-0.2, -0.15) is 0 Å². The van der Waals surface area contributed by atoms with Crippen LogP contribution in [-0.2, 0) is 16.0 Å². The topological polar surface area (TPSA) is 71.1 Å². The number of ether oxygens (including phenoxy) is 2. The van der Waals surface area contributed by atoms with Crippen LogP contribution < -0.4 is 14.8 Å². The van der Waals surface area contributed by atoms with Gasteiger partial charge in [0.1, 0.15) is 0 Å². The Balaban J connectivity index is 1.29. The van der Waals surface area contributed by atoms with Gasteiger partial charge >= 0.3 is 0 Å². The lowest BCUT2D eigenvalue weighted by molar-refractivity contribution is -0.133. The van der Waals surface area contributed by atoms with E-state index in [2.05, 4.69) is 22.0 Å². The zero-order chi connectivity index (χ0) is 26.5. The summed E-state index contributed by atoms with van der Waals surface area (Å²) in [7, 11) is 3.26. The van der Waals surface area contributed by atoms with Crippen molar-refractivity contribution < 1.29 is 19.1 Å². The fourth-order valence-corrected chi connectivity index (χ4v) is 5.73. The van der Waals surface area contributed by atoms with Crippen molar-refractivity contribution in [2.45, 2.75) is 90.0 Å². The molecule has 0 unspecified atom stereocenters. The predicted octanol–water partition coefficient (Wildman–Crippen LogP) is 4.82. The third-order valence-corrected chi connectivity index (χ3v) is 8.14. The molecular formula is C30H49N3O4. The van der Waals surface area contributed by atoms with E-state index in [1.807, 2.05) is 18.2 Å². The second-order valence-corrected chi connectivity index (χ2v) is 10.7. The highest BCUT2D eigenvalue weighted by Gasteiger charge is 2.31. The molecule has 2 amide bonds. The van der Waals surface area contributed by atoms with Gasteiger partial charge in [0.05, 0.1) is 14.2 Å². The first-order valence-corrected chi connectivity index (χ1v) is 14.6. The summed E-state index contributed by atoms with van der Waals surface area (Å²) in [5.74, 6) is 2.05. The molecule has 2 fully saturated rings. The molecule has 2 aliphatic rings. The van der Waals surface area contributed by atoms with E-state index in [9.17, 15) is 9.59 Å². The van der Waals surface area contributed by atoms with Crippen LogP contribution in [0, 0.1) is 5.92 Å². The normalized spacial score (nSPS) is 17.5. The SMILES string of the molecule is CCCCCCCCC(=O)N1CCC(N2CCC(C(=O)NCCc3ccc(OC)c(OC)c3)CC2)CC1. The zero-order valence-corrected chi connectivity index (χ0v) is 23.4. The fourth-order valence-electron chi connectivity index (χ4n) is 5.73. The molecule has 2 heterocycles. The molecule has 7 heteroatoms. The van der Waals surface area contributed by atoms with Gasteiger partial charge in [0.15, 0.2) is 11.5 Å². The zero-order valence-electron chi connectivity index (χ0n) is 23.4. The molecule has 1 N–H and O–H groups in total. The second-order valence-electron chi connectivity index (χ2n) is 10.7. The Kier molecular flexibility index (Phi) is 12.5. The lowest BCUT2D eigenvalue weighted by atomic mass is 9.92. The van der Waals surface area contributed by atoms with Gasteiger partial charge in [-0.3, -0.25) is 9.59 Å². The Morgan fingerprint density at radius 2 is 1.57 bits per heavy atom. The maximum absolute atomic E-state index is 12.8. The van der Waals surface area contributed by atoms with Crippen LogP contribution >= 0.6 is 0 Å². The van der Waals surface area contributed by atoms with Gasteiger partial charge in [0.25, 0.3) is 0 Å². The minimum absolute atomic E-state index is 0.0978. The molecule has 0 atom stereocenters. The summed E-state index contributed by atoms with van der Waals surface area (Å²) in [6, 6.07) is 6.44. The van der Waals surface area contributed by atoms with Crippen molar-refractivity contribution in [3.8, 4) is 11.5 Å². The number of carbonyl (C=O) groups is 2. The van der Waals surface area contributed by atoms with E-state index in [1.54, 1.807) is 14.2 Å². The van der Waals surface area contributed by atoms with Crippen molar-refractivity contribution in [3.63, 3.8) is 0 Å². The van der Waals surface area contributed by atoms with Crippen molar-refractivity contribution in [2.75, 3.05) is 46.9 Å². The summed E-state index contributed by atoms with van der Waals surface area (Å²) >= 11 is 0. The number of hydrogen-bond donors (Lipinski definition) is 1. The van der Waals surface area contributed by atoms with Crippen molar-refractivity contribution >= 4 is 11.8 Å². The third-order valence-electron chi connectivity index (χ3n) is 8.14. The Morgan fingerprint density at radius 1 is 0.892 bits per heavy atom. The van der Waals surface area contributed by atoms with E-state index in [0.29, 0.717) is 36.4 Å². The van der Waals surface area contributed by atoms with E-state index >= 15 is 0 Å². The Bertz CT molecular complexity index is 830.